The van der Waals surface area contributed by atoms with Crippen LogP contribution in [0.1, 0.15) is 41.8 Å². The first-order valence-corrected chi connectivity index (χ1v) is 11.9. The molecule has 6 nitrogen and oxygen atoms in total. The van der Waals surface area contributed by atoms with E-state index in [1.165, 1.54) is 19.2 Å². The van der Waals surface area contributed by atoms with Crippen molar-refractivity contribution in [3.63, 3.8) is 0 Å². The number of aromatic nitrogens is 1. The lowest BCUT2D eigenvalue weighted by Crippen LogP contribution is -2.44. The first kappa shape index (κ1) is 25.8. The first-order chi connectivity index (χ1) is 17.2. The van der Waals surface area contributed by atoms with Crippen LogP contribution in [0, 0.1) is 6.92 Å². The van der Waals surface area contributed by atoms with Crippen LogP contribution in [0.15, 0.2) is 52.9 Å². The number of nitrogens with zero attached hydrogens (tertiary/aromatic N) is 2. The Hall–Kier alpha value is -3.33. The Kier molecular flexibility index (Phi) is 7.98. The van der Waals surface area contributed by atoms with Crippen molar-refractivity contribution in [1.82, 2.24) is 9.88 Å². The van der Waals surface area contributed by atoms with Gasteiger partial charge in [0.25, 0.3) is 0 Å². The third kappa shape index (κ3) is 6.26. The van der Waals surface area contributed by atoms with Crippen molar-refractivity contribution in [2.24, 2.45) is 0 Å². The van der Waals surface area contributed by atoms with E-state index in [0.717, 1.165) is 43.5 Å². The molecule has 1 saturated heterocycles. The third-order valence-corrected chi connectivity index (χ3v) is 6.33. The Morgan fingerprint density at radius 1 is 1.17 bits per heavy atom. The molecule has 0 N–H and O–H groups in total. The first-order valence-electron chi connectivity index (χ1n) is 11.9. The monoisotopic (exact) mass is 502 g/mol. The molecule has 1 fully saturated rings. The minimum Gasteiger partial charge on any atom is -0.493 e. The number of hydrogen-bond donors (Lipinski definition) is 0. The quantitative estimate of drug-likeness (QED) is 0.362. The fraction of sp³-hybridized carbons (Fsp3) is 0.407. The highest BCUT2D eigenvalue weighted by molar-refractivity contribution is 5.75. The summed E-state index contributed by atoms with van der Waals surface area (Å²) in [7, 11) is 1.42. The molecule has 0 bridgehead atoms. The molecule has 0 amide bonds. The van der Waals surface area contributed by atoms with Gasteiger partial charge in [0.2, 0.25) is 5.89 Å². The largest absolute Gasteiger partial charge is 0.493 e. The van der Waals surface area contributed by atoms with Crippen LogP contribution in [0.2, 0.25) is 0 Å². The summed E-state index contributed by atoms with van der Waals surface area (Å²) in [5.74, 6) is 1.39. The van der Waals surface area contributed by atoms with Gasteiger partial charge in [0, 0.05) is 18.5 Å². The lowest BCUT2D eigenvalue weighted by molar-refractivity contribution is -0.148. The Labute approximate surface area is 208 Å². The highest BCUT2D eigenvalue weighted by Gasteiger charge is 2.30. The number of oxazole rings is 1. The molecule has 0 aliphatic carbocycles. The molecule has 9 heteroatoms. The van der Waals surface area contributed by atoms with E-state index in [9.17, 15) is 18.0 Å². The minimum atomic E-state index is -4.39. The van der Waals surface area contributed by atoms with Crippen molar-refractivity contribution < 1.29 is 31.9 Å². The van der Waals surface area contributed by atoms with E-state index in [1.54, 1.807) is 6.92 Å². The molecule has 2 aromatic carbocycles. The maximum absolute atomic E-state index is 12.8. The van der Waals surface area contributed by atoms with Crippen LogP contribution in [0.4, 0.5) is 13.2 Å². The Morgan fingerprint density at radius 2 is 1.94 bits per heavy atom. The van der Waals surface area contributed by atoms with Crippen LogP contribution in [0.3, 0.4) is 0 Å². The van der Waals surface area contributed by atoms with E-state index in [0.29, 0.717) is 42.3 Å². The van der Waals surface area contributed by atoms with Gasteiger partial charge >= 0.3 is 12.1 Å². The molecule has 4 rings (SSSR count). The predicted molar refractivity (Wildman–Crippen MR) is 127 cm³/mol. The van der Waals surface area contributed by atoms with E-state index in [2.05, 4.69) is 9.88 Å². The number of alkyl halides is 3. The van der Waals surface area contributed by atoms with Gasteiger partial charge in [-0.1, -0.05) is 18.6 Å². The van der Waals surface area contributed by atoms with Crippen LogP contribution < -0.4 is 4.74 Å². The molecule has 0 radical (unpaired) electrons. The molecule has 0 unspecified atom stereocenters. The number of halogens is 3. The number of benzene rings is 2. The molecule has 1 aliphatic rings. The zero-order chi connectivity index (χ0) is 25.7. The summed E-state index contributed by atoms with van der Waals surface area (Å²) in [4.78, 5) is 18.7. The zero-order valence-electron chi connectivity index (χ0n) is 20.3. The number of esters is 1. The van der Waals surface area contributed by atoms with Gasteiger partial charge in [-0.2, -0.15) is 13.2 Å². The Morgan fingerprint density at radius 3 is 2.67 bits per heavy atom. The normalized spacial score (nSPS) is 16.6. The highest BCUT2D eigenvalue weighted by Crippen LogP contribution is 2.31. The zero-order valence-corrected chi connectivity index (χ0v) is 20.3. The molecule has 0 spiro atoms. The molecule has 1 aromatic heterocycles. The minimum absolute atomic E-state index is 0.194. The number of piperidine rings is 1. The Balaban J connectivity index is 1.35. The number of hydrogen-bond acceptors (Lipinski definition) is 6. The summed E-state index contributed by atoms with van der Waals surface area (Å²) in [5, 5.41) is 0. The van der Waals surface area contributed by atoms with Crippen molar-refractivity contribution in [1.29, 1.82) is 0 Å². The molecular formula is C27H29F3N2O4. The van der Waals surface area contributed by atoms with E-state index in [-0.39, 0.29) is 17.9 Å². The van der Waals surface area contributed by atoms with Crippen molar-refractivity contribution in [3.8, 4) is 17.2 Å². The summed E-state index contributed by atoms with van der Waals surface area (Å²) in [6, 6.07) is 12.3. The van der Waals surface area contributed by atoms with Gasteiger partial charge in [-0.15, -0.1) is 0 Å². The van der Waals surface area contributed by atoms with Crippen LogP contribution in [-0.4, -0.2) is 42.2 Å². The van der Waals surface area contributed by atoms with Crippen molar-refractivity contribution in [3.05, 3.63) is 71.1 Å². The number of rotatable bonds is 8. The average molecular weight is 503 g/mol. The number of carbonyl (C=O) groups excluding carboxylic acids is 1. The summed E-state index contributed by atoms with van der Waals surface area (Å²) in [6.07, 6.45) is -1.04. The lowest BCUT2D eigenvalue weighted by atomic mass is 10.0. The summed E-state index contributed by atoms with van der Waals surface area (Å²) < 4.78 is 55.0. The fourth-order valence-corrected chi connectivity index (χ4v) is 4.40. The summed E-state index contributed by atoms with van der Waals surface area (Å²) in [5.41, 5.74) is 1.50. The molecule has 1 atom stereocenters. The number of likely N-dealkylation sites (tertiary alicyclic amines) is 1. The van der Waals surface area contributed by atoms with Gasteiger partial charge in [0.05, 0.1) is 25.0 Å². The second kappa shape index (κ2) is 11.2. The van der Waals surface area contributed by atoms with Gasteiger partial charge in [0.1, 0.15) is 17.6 Å². The van der Waals surface area contributed by atoms with Crippen molar-refractivity contribution in [2.75, 3.05) is 20.3 Å². The fourth-order valence-electron chi connectivity index (χ4n) is 4.40. The van der Waals surface area contributed by atoms with Crippen LogP contribution in [0.5, 0.6) is 5.75 Å². The smallest absolute Gasteiger partial charge is 0.416 e. The molecular weight excluding hydrogens is 473 g/mol. The number of carbonyl (C=O) groups is 1. The molecule has 0 saturated carbocycles. The molecule has 1 aliphatic heterocycles. The van der Waals surface area contributed by atoms with Gasteiger partial charge in [-0.25, -0.2) is 4.98 Å². The predicted octanol–water partition coefficient (Wildman–Crippen LogP) is 5.82. The molecule has 192 valence electrons. The second-order valence-electron chi connectivity index (χ2n) is 8.85. The van der Waals surface area contributed by atoms with Gasteiger partial charge in [-0.05, 0) is 68.3 Å². The Bertz CT molecular complexity index is 1170. The van der Waals surface area contributed by atoms with E-state index >= 15 is 0 Å². The van der Waals surface area contributed by atoms with Gasteiger partial charge < -0.3 is 13.9 Å². The van der Waals surface area contributed by atoms with E-state index in [1.807, 2.05) is 24.3 Å². The molecule has 3 aromatic rings. The lowest BCUT2D eigenvalue weighted by Gasteiger charge is -2.33. The SMILES string of the molecule is COC(=O)[C@H]1CCCCN1Cc1cccc(OCCc2nc(-c3ccc(C(F)(F)F)cc3)oc2C)c1. The van der Waals surface area contributed by atoms with Crippen molar-refractivity contribution >= 4 is 5.97 Å². The van der Waals surface area contributed by atoms with Crippen LogP contribution >= 0.6 is 0 Å². The maximum Gasteiger partial charge on any atom is 0.416 e. The highest BCUT2D eigenvalue weighted by atomic mass is 19.4. The van der Waals surface area contributed by atoms with Gasteiger partial charge in [0.15, 0.2) is 0 Å². The van der Waals surface area contributed by atoms with Crippen LogP contribution in [0.25, 0.3) is 11.5 Å². The number of ether oxygens (including phenoxy) is 2. The second-order valence-corrected chi connectivity index (χ2v) is 8.85. The number of methoxy groups -OCH3 is 1. The average Bonchev–Trinajstić information content (AvgIpc) is 3.24. The van der Waals surface area contributed by atoms with E-state index < -0.39 is 11.7 Å². The third-order valence-electron chi connectivity index (χ3n) is 6.33. The molecule has 2 heterocycles. The summed E-state index contributed by atoms with van der Waals surface area (Å²) in [6.45, 7) is 3.61. The van der Waals surface area contributed by atoms with Gasteiger partial charge in [-0.3, -0.25) is 9.69 Å². The topological polar surface area (TPSA) is 64.8 Å². The van der Waals surface area contributed by atoms with Crippen molar-refractivity contribution in [2.45, 2.75) is 51.4 Å². The standard InChI is InChI=1S/C27H29F3N2O4/c1-18-23(31-25(36-18)20-9-11-21(12-10-20)27(28,29)30)13-15-35-22-7-5-6-19(16-22)17-32-14-4-3-8-24(32)26(33)34-2/h5-7,9-12,16,24H,3-4,8,13-15,17H2,1-2H3/t24-/m1/s1. The van der Waals surface area contributed by atoms with Crippen LogP contribution in [-0.2, 0) is 28.7 Å². The maximum atomic E-state index is 12.8. The number of aryl methyl sites for hydroxylation is 1. The van der Waals surface area contributed by atoms with E-state index in [4.69, 9.17) is 13.9 Å². The molecule has 36 heavy (non-hydrogen) atoms. The summed E-state index contributed by atoms with van der Waals surface area (Å²) >= 11 is 0.